The number of para-hydroxylation sites is 1. The third-order valence-corrected chi connectivity index (χ3v) is 7.11. The van der Waals surface area contributed by atoms with E-state index in [1.54, 1.807) is 12.5 Å². The number of aryl methyl sites for hydroxylation is 1. The molecule has 3 heterocycles. The molecule has 3 aromatic rings. The Kier molecular flexibility index (Phi) is 11.8. The lowest BCUT2D eigenvalue weighted by atomic mass is 10.1. The van der Waals surface area contributed by atoms with E-state index in [1.165, 1.54) is 11.3 Å². The molecule has 1 aromatic carbocycles. The number of hydrogen-bond acceptors (Lipinski definition) is 8. The van der Waals surface area contributed by atoms with Gasteiger partial charge in [-0.3, -0.25) is 9.59 Å². The summed E-state index contributed by atoms with van der Waals surface area (Å²) in [5.74, 6) is -2.91. The van der Waals surface area contributed by atoms with E-state index in [1.807, 2.05) is 52.7 Å². The van der Waals surface area contributed by atoms with Gasteiger partial charge in [0.25, 0.3) is 17.8 Å². The van der Waals surface area contributed by atoms with Crippen LogP contribution in [0.4, 0.5) is 13.2 Å². The van der Waals surface area contributed by atoms with Crippen molar-refractivity contribution in [2.75, 3.05) is 26.4 Å². The van der Waals surface area contributed by atoms with Crippen LogP contribution in [0.5, 0.6) is 5.75 Å². The second kappa shape index (κ2) is 15.3. The van der Waals surface area contributed by atoms with Crippen molar-refractivity contribution in [1.82, 2.24) is 9.88 Å². The maximum absolute atomic E-state index is 13.7. The summed E-state index contributed by atoms with van der Waals surface area (Å²) in [6.45, 7) is 6.30. The van der Waals surface area contributed by atoms with Crippen LogP contribution in [0.2, 0.25) is 0 Å². The summed E-state index contributed by atoms with van der Waals surface area (Å²) < 4.78 is 47.5. The van der Waals surface area contributed by atoms with Crippen LogP contribution < -0.4 is 20.7 Å². The first-order chi connectivity index (χ1) is 20.1. The summed E-state index contributed by atoms with van der Waals surface area (Å²) >= 11 is 1.31. The van der Waals surface area contributed by atoms with Crippen LogP contribution in [0.1, 0.15) is 42.8 Å². The van der Waals surface area contributed by atoms with Crippen molar-refractivity contribution in [2.24, 2.45) is 4.99 Å². The van der Waals surface area contributed by atoms with E-state index >= 15 is 0 Å². The molecule has 42 heavy (non-hydrogen) atoms. The van der Waals surface area contributed by atoms with E-state index in [0.717, 1.165) is 28.4 Å². The molecule has 0 bridgehead atoms. The van der Waals surface area contributed by atoms with Gasteiger partial charge >= 0.3 is 6.18 Å². The van der Waals surface area contributed by atoms with Gasteiger partial charge in [0.15, 0.2) is 11.9 Å². The number of amides is 1. The largest absolute Gasteiger partial charge is 0.542 e. The summed E-state index contributed by atoms with van der Waals surface area (Å²) in [5, 5.41) is 13.2. The van der Waals surface area contributed by atoms with Crippen LogP contribution in [-0.2, 0) is 16.1 Å². The number of carboxylic acid groups (broad SMARTS) is 1. The lowest BCUT2D eigenvalue weighted by molar-refractivity contribution is -0.344. The molecule has 10 nitrogen and oxygen atoms in total. The van der Waals surface area contributed by atoms with Crippen LogP contribution in [-0.4, -0.2) is 66.1 Å². The molecule has 4 rings (SSSR count). The van der Waals surface area contributed by atoms with Crippen LogP contribution in [0.15, 0.2) is 46.5 Å². The van der Waals surface area contributed by atoms with Gasteiger partial charge in [-0.1, -0.05) is 36.5 Å². The standard InChI is InChI=1S/C26H30N4O4S.C2HF3O2/c1-3-5-14-30-20-10-7-6-9-19(20)23-21(26(30)32)22(34-17-16-33-4-2)24(35-23)25(31)28-11-8-13-29-15-12-27-18-29;3-2(4,5)1(6)7/h6-7,9-10,12-13,15,18H,3-5,8,11,14,16-17H2,1-2H3;(H,6,7). The fourth-order valence-electron chi connectivity index (χ4n) is 3.97. The number of hydrogen-bond donors (Lipinski definition) is 1. The number of fused-ring (bicyclic) bond motifs is 3. The summed E-state index contributed by atoms with van der Waals surface area (Å²) in [7, 11) is 0. The number of carboxylic acids is 1. The molecule has 1 N–H and O–H groups in total. The number of thiophene rings is 1. The maximum Gasteiger partial charge on any atom is 0.430 e. The molecule has 14 heteroatoms. The average Bonchev–Trinajstić information content (AvgIpc) is 3.62. The second-order valence-corrected chi connectivity index (χ2v) is 9.88. The first kappa shape index (κ1) is 32.5. The minimum Gasteiger partial charge on any atom is -0.542 e. The van der Waals surface area contributed by atoms with Crippen LogP contribution in [0.3, 0.4) is 0 Å². The summed E-state index contributed by atoms with van der Waals surface area (Å²) in [6.07, 6.45) is 4.50. The van der Waals surface area contributed by atoms with Crippen LogP contribution >= 0.6 is 11.3 Å². The number of carbonyl (C=O) groups is 2. The fraction of sp³-hybridized carbons (Fsp3) is 0.393. The van der Waals surface area contributed by atoms with Crippen molar-refractivity contribution in [1.29, 1.82) is 0 Å². The third kappa shape index (κ3) is 8.26. The van der Waals surface area contributed by atoms with Gasteiger partial charge in [-0.2, -0.15) is 13.2 Å². The zero-order valence-electron chi connectivity index (χ0n) is 23.1. The van der Waals surface area contributed by atoms with E-state index in [-0.39, 0.29) is 18.1 Å². The lowest BCUT2D eigenvalue weighted by Crippen LogP contribution is -2.37. The number of nitrogens with one attached hydrogen (secondary N) is 1. The minimum atomic E-state index is -5.19. The van der Waals surface area contributed by atoms with Gasteiger partial charge in [0.2, 0.25) is 0 Å². The van der Waals surface area contributed by atoms with Gasteiger partial charge < -0.3 is 29.3 Å². The molecule has 0 fully saturated rings. The highest BCUT2D eigenvalue weighted by atomic mass is 32.1. The van der Waals surface area contributed by atoms with Crippen molar-refractivity contribution in [3.8, 4) is 5.75 Å². The molecular weight excluding hydrogens is 577 g/mol. The van der Waals surface area contributed by atoms with Gasteiger partial charge in [-0.15, -0.1) is 11.3 Å². The molecule has 0 saturated carbocycles. The molecule has 2 aromatic heterocycles. The molecule has 226 valence electrons. The average molecular weight is 609 g/mol. The summed E-state index contributed by atoms with van der Waals surface area (Å²) in [5.41, 5.74) is 0.754. The smallest absolute Gasteiger partial charge is 0.430 e. The molecule has 0 radical (unpaired) electrons. The SMILES string of the molecule is CCCCn1c(=O)c2c(OCCOCC)c(C(=O)NCCC=[N+]3C=CN=C3)sc2c2ccccc21.O=C([O-])C(F)(F)F. The third-order valence-electron chi connectivity index (χ3n) is 5.91. The van der Waals surface area contributed by atoms with Crippen molar-refractivity contribution >= 4 is 56.8 Å². The van der Waals surface area contributed by atoms with E-state index in [4.69, 9.17) is 19.4 Å². The van der Waals surface area contributed by atoms with Gasteiger partial charge in [-0.05, 0) is 19.4 Å². The van der Waals surface area contributed by atoms with Gasteiger partial charge in [0.1, 0.15) is 29.0 Å². The number of halogens is 3. The molecule has 0 spiro atoms. The first-order valence-electron chi connectivity index (χ1n) is 13.3. The number of pyridine rings is 1. The number of rotatable bonds is 12. The highest BCUT2D eigenvalue weighted by Crippen LogP contribution is 2.39. The molecule has 0 atom stereocenters. The zero-order chi connectivity index (χ0) is 30.7. The number of unbranched alkanes of at least 4 members (excludes halogenated alkanes) is 1. The Morgan fingerprint density at radius 3 is 2.60 bits per heavy atom. The molecule has 1 aliphatic rings. The Labute approximate surface area is 243 Å². The number of alkyl halides is 3. The number of nitrogens with zero attached hydrogens (tertiary/aromatic N) is 3. The molecule has 1 amide bonds. The Morgan fingerprint density at radius 1 is 1.21 bits per heavy atom. The molecular formula is C28H31F3N4O6S. The highest BCUT2D eigenvalue weighted by Gasteiger charge is 2.29. The predicted octanol–water partition coefficient (Wildman–Crippen LogP) is 3.45. The predicted molar refractivity (Wildman–Crippen MR) is 152 cm³/mol. The topological polar surface area (TPSA) is 125 Å². The first-order valence-corrected chi connectivity index (χ1v) is 14.1. The van der Waals surface area contributed by atoms with Gasteiger partial charge in [0.05, 0.1) is 23.0 Å². The molecule has 0 aliphatic carbocycles. The Bertz CT molecular complexity index is 1540. The summed E-state index contributed by atoms with van der Waals surface area (Å²) in [4.78, 5) is 40.1. The van der Waals surface area contributed by atoms with E-state index in [0.29, 0.717) is 48.7 Å². The molecule has 0 saturated heterocycles. The number of aromatic nitrogens is 1. The Hall–Kier alpha value is -4.04. The monoisotopic (exact) mass is 608 g/mol. The van der Waals surface area contributed by atoms with Crippen molar-refractivity contribution < 1.29 is 41.9 Å². The van der Waals surface area contributed by atoms with Crippen molar-refractivity contribution in [3.63, 3.8) is 0 Å². The molecule has 1 aliphatic heterocycles. The maximum atomic E-state index is 13.7. The molecule has 0 unspecified atom stereocenters. The van der Waals surface area contributed by atoms with Crippen molar-refractivity contribution in [2.45, 2.75) is 45.8 Å². The van der Waals surface area contributed by atoms with Gasteiger partial charge in [-0.25, -0.2) is 4.58 Å². The zero-order valence-corrected chi connectivity index (χ0v) is 23.9. The lowest BCUT2D eigenvalue weighted by Gasteiger charge is -2.12. The highest BCUT2D eigenvalue weighted by molar-refractivity contribution is 7.22. The number of carbonyl (C=O) groups excluding carboxylic acids is 2. The van der Waals surface area contributed by atoms with Crippen molar-refractivity contribution in [3.05, 3.63) is 51.9 Å². The normalized spacial score (nSPS) is 13.5. The van der Waals surface area contributed by atoms with Gasteiger partial charge in [0, 0.05) is 31.5 Å². The number of benzene rings is 1. The second-order valence-electron chi connectivity index (χ2n) is 8.86. The minimum absolute atomic E-state index is 0.123. The van der Waals surface area contributed by atoms with Crippen LogP contribution in [0.25, 0.3) is 21.0 Å². The van der Waals surface area contributed by atoms with E-state index in [9.17, 15) is 22.8 Å². The quantitative estimate of drug-likeness (QED) is 0.248. The van der Waals surface area contributed by atoms with E-state index < -0.39 is 12.1 Å². The Morgan fingerprint density at radius 2 is 1.95 bits per heavy atom. The number of aliphatic imine (C=N–C) groups is 1. The van der Waals surface area contributed by atoms with Crippen LogP contribution in [0, 0.1) is 0 Å². The number of ether oxygens (including phenoxy) is 2. The Balaban J connectivity index is 0.000000616. The fourth-order valence-corrected chi connectivity index (χ4v) is 5.16. The number of aliphatic carboxylic acids is 1. The summed E-state index contributed by atoms with van der Waals surface area (Å²) in [6, 6.07) is 7.86. The van der Waals surface area contributed by atoms with E-state index in [2.05, 4.69) is 17.2 Å².